The van der Waals surface area contributed by atoms with Crippen LogP contribution in [0.4, 0.5) is 4.79 Å². The number of aliphatic hydroxyl groups excluding tert-OH is 1. The lowest BCUT2D eigenvalue weighted by Crippen LogP contribution is -2.36. The molecule has 0 aliphatic carbocycles. The minimum Gasteiger partial charge on any atom is -0.427 e. The van der Waals surface area contributed by atoms with Crippen molar-refractivity contribution in [1.82, 2.24) is 5.48 Å². The van der Waals surface area contributed by atoms with Crippen molar-refractivity contribution < 1.29 is 27.9 Å². The molecule has 1 unspecified atom stereocenters. The van der Waals surface area contributed by atoms with Gasteiger partial charge >= 0.3 is 6.16 Å². The third-order valence-electron chi connectivity index (χ3n) is 2.51. The second-order valence-corrected chi connectivity index (χ2v) is 7.83. The predicted octanol–water partition coefficient (Wildman–Crippen LogP) is 1.54. The number of nitrogens with one attached hydrogen (secondary N) is 1. The Labute approximate surface area is 130 Å². The highest BCUT2D eigenvalue weighted by Gasteiger charge is 2.26. The normalized spacial score (nSPS) is 13.5. The van der Waals surface area contributed by atoms with Gasteiger partial charge in [0, 0.05) is 0 Å². The Morgan fingerprint density at radius 2 is 1.82 bits per heavy atom. The molecule has 0 saturated carbocycles. The number of aliphatic hydroxyl groups is 1. The SMILES string of the molecule is Cc1ccc(S(=O)(=O)C(O)CNOC(=O)OC(C)(C)C)cc1. The number of sulfone groups is 1. The van der Waals surface area contributed by atoms with E-state index in [1.807, 2.05) is 6.92 Å². The monoisotopic (exact) mass is 331 g/mol. The number of rotatable bonds is 5. The maximum Gasteiger partial charge on any atom is 0.528 e. The predicted molar refractivity (Wildman–Crippen MR) is 79.7 cm³/mol. The number of benzene rings is 1. The van der Waals surface area contributed by atoms with E-state index in [0.717, 1.165) is 5.56 Å². The topological polar surface area (TPSA) is 102 Å². The molecule has 0 bridgehead atoms. The molecule has 0 spiro atoms. The Morgan fingerprint density at radius 1 is 1.27 bits per heavy atom. The molecule has 0 aliphatic rings. The molecule has 7 nitrogen and oxygen atoms in total. The number of hydroxylamine groups is 1. The first-order valence-corrected chi connectivity index (χ1v) is 8.18. The van der Waals surface area contributed by atoms with Crippen molar-refractivity contribution >= 4 is 16.0 Å². The fraction of sp³-hybridized carbons (Fsp3) is 0.500. The first kappa shape index (κ1) is 18.4. The average molecular weight is 331 g/mol. The lowest BCUT2D eigenvalue weighted by Gasteiger charge is -2.19. The summed E-state index contributed by atoms with van der Waals surface area (Å²) in [5.41, 5.74) is 0.511. The van der Waals surface area contributed by atoms with Gasteiger partial charge in [0.15, 0.2) is 5.44 Å². The van der Waals surface area contributed by atoms with Crippen molar-refractivity contribution in [1.29, 1.82) is 0 Å². The van der Waals surface area contributed by atoms with Crippen molar-refractivity contribution in [3.05, 3.63) is 29.8 Å². The molecule has 1 rings (SSSR count). The van der Waals surface area contributed by atoms with Gasteiger partial charge in [0.1, 0.15) is 5.60 Å². The van der Waals surface area contributed by atoms with Gasteiger partial charge in [0.2, 0.25) is 9.84 Å². The van der Waals surface area contributed by atoms with Crippen LogP contribution in [0.3, 0.4) is 0 Å². The fourth-order valence-electron chi connectivity index (χ4n) is 1.44. The average Bonchev–Trinajstić information content (AvgIpc) is 2.36. The summed E-state index contributed by atoms with van der Waals surface area (Å²) in [6.45, 7) is 6.32. The van der Waals surface area contributed by atoms with Gasteiger partial charge in [0.25, 0.3) is 0 Å². The molecular weight excluding hydrogens is 310 g/mol. The van der Waals surface area contributed by atoms with Crippen LogP contribution in [0.1, 0.15) is 26.3 Å². The fourth-order valence-corrected chi connectivity index (χ4v) is 2.55. The number of carbonyl (C=O) groups excluding carboxylic acids is 1. The highest BCUT2D eigenvalue weighted by Crippen LogP contribution is 2.15. The summed E-state index contributed by atoms with van der Waals surface area (Å²) < 4.78 is 29.0. The Balaban J connectivity index is 2.56. The summed E-state index contributed by atoms with van der Waals surface area (Å²) in [5.74, 6) is 0. The summed E-state index contributed by atoms with van der Waals surface area (Å²) in [4.78, 5) is 15.8. The van der Waals surface area contributed by atoms with Gasteiger partial charge < -0.3 is 14.7 Å². The van der Waals surface area contributed by atoms with Crippen LogP contribution in [-0.4, -0.2) is 37.3 Å². The van der Waals surface area contributed by atoms with Crippen molar-refractivity contribution in [2.24, 2.45) is 0 Å². The van der Waals surface area contributed by atoms with E-state index in [2.05, 4.69) is 10.3 Å². The van der Waals surface area contributed by atoms with Gasteiger partial charge in [-0.2, -0.15) is 0 Å². The Kier molecular flexibility index (Phi) is 5.92. The van der Waals surface area contributed by atoms with E-state index < -0.39 is 33.6 Å². The van der Waals surface area contributed by atoms with E-state index in [0.29, 0.717) is 0 Å². The lowest BCUT2D eigenvalue weighted by atomic mass is 10.2. The van der Waals surface area contributed by atoms with Crippen molar-refractivity contribution in [3.8, 4) is 0 Å². The van der Waals surface area contributed by atoms with Gasteiger partial charge in [-0.15, -0.1) is 5.48 Å². The zero-order valence-electron chi connectivity index (χ0n) is 13.0. The van der Waals surface area contributed by atoms with E-state index in [1.54, 1.807) is 32.9 Å². The molecule has 8 heteroatoms. The molecule has 0 heterocycles. The summed E-state index contributed by atoms with van der Waals surface area (Å²) in [6, 6.07) is 6.07. The minimum atomic E-state index is -3.93. The van der Waals surface area contributed by atoms with Crippen LogP contribution < -0.4 is 5.48 Å². The van der Waals surface area contributed by atoms with E-state index in [-0.39, 0.29) is 4.90 Å². The van der Waals surface area contributed by atoms with Crippen molar-refractivity contribution in [3.63, 3.8) is 0 Å². The number of carbonyl (C=O) groups is 1. The molecule has 1 atom stereocenters. The van der Waals surface area contributed by atoms with Gasteiger partial charge in [0.05, 0.1) is 11.4 Å². The van der Waals surface area contributed by atoms with Crippen LogP contribution in [-0.2, 0) is 19.4 Å². The van der Waals surface area contributed by atoms with Gasteiger partial charge in [-0.3, -0.25) is 0 Å². The molecule has 1 aromatic carbocycles. The maximum absolute atomic E-state index is 12.1. The molecule has 0 aliphatic heterocycles. The van der Waals surface area contributed by atoms with E-state index in [1.165, 1.54) is 12.1 Å². The number of aryl methyl sites for hydroxylation is 1. The molecule has 1 aromatic rings. The summed E-state index contributed by atoms with van der Waals surface area (Å²) in [7, 11) is -3.93. The highest BCUT2D eigenvalue weighted by molar-refractivity contribution is 7.91. The number of hydrogen-bond acceptors (Lipinski definition) is 7. The largest absolute Gasteiger partial charge is 0.528 e. The molecule has 0 saturated heterocycles. The maximum atomic E-state index is 12.1. The molecule has 0 radical (unpaired) electrons. The zero-order valence-corrected chi connectivity index (χ0v) is 13.8. The van der Waals surface area contributed by atoms with Gasteiger partial charge in [-0.25, -0.2) is 13.2 Å². The van der Waals surface area contributed by atoms with Crippen molar-refractivity contribution in [2.75, 3.05) is 6.54 Å². The van der Waals surface area contributed by atoms with Crippen LogP contribution in [0.5, 0.6) is 0 Å². The quantitative estimate of drug-likeness (QED) is 0.623. The zero-order chi connectivity index (χ0) is 17.0. The molecule has 2 N–H and O–H groups in total. The standard InChI is InChI=1S/C14H21NO6S/c1-10-5-7-11(8-6-10)22(18,19)12(16)9-15-21-13(17)20-14(2,3)4/h5-8,12,15-16H,9H2,1-4H3. The van der Waals surface area contributed by atoms with Crippen molar-refractivity contribution in [2.45, 2.75) is 43.6 Å². The number of hydrogen-bond donors (Lipinski definition) is 2. The minimum absolute atomic E-state index is 0.00957. The third kappa shape index (κ3) is 5.63. The van der Waals surface area contributed by atoms with Crippen LogP contribution >= 0.6 is 0 Å². The molecule has 0 fully saturated rings. The van der Waals surface area contributed by atoms with E-state index >= 15 is 0 Å². The lowest BCUT2D eigenvalue weighted by molar-refractivity contribution is -0.0351. The second-order valence-electron chi connectivity index (χ2n) is 5.73. The van der Waals surface area contributed by atoms with E-state index in [9.17, 15) is 18.3 Å². The third-order valence-corrected chi connectivity index (χ3v) is 4.32. The first-order chi connectivity index (χ1) is 10.0. The molecular formula is C14H21NO6S. The molecule has 22 heavy (non-hydrogen) atoms. The summed E-state index contributed by atoms with van der Waals surface area (Å²) in [5, 5.41) is 9.76. The molecule has 124 valence electrons. The Bertz CT molecular complexity index is 603. The second kappa shape index (κ2) is 7.08. The summed E-state index contributed by atoms with van der Waals surface area (Å²) >= 11 is 0. The molecule has 0 aromatic heterocycles. The Hall–Kier alpha value is -1.64. The smallest absolute Gasteiger partial charge is 0.427 e. The van der Waals surface area contributed by atoms with Gasteiger partial charge in [-0.05, 0) is 39.8 Å². The van der Waals surface area contributed by atoms with Crippen LogP contribution in [0.25, 0.3) is 0 Å². The molecule has 0 amide bonds. The van der Waals surface area contributed by atoms with Gasteiger partial charge in [-0.1, -0.05) is 17.7 Å². The van der Waals surface area contributed by atoms with E-state index in [4.69, 9.17) is 4.74 Å². The van der Waals surface area contributed by atoms with Crippen LogP contribution in [0.15, 0.2) is 29.2 Å². The summed E-state index contributed by atoms with van der Waals surface area (Å²) in [6.07, 6.45) is -1.01. The number of ether oxygens (including phenoxy) is 1. The van der Waals surface area contributed by atoms with Crippen LogP contribution in [0.2, 0.25) is 0 Å². The first-order valence-electron chi connectivity index (χ1n) is 6.64. The Morgan fingerprint density at radius 3 is 2.32 bits per heavy atom. The highest BCUT2D eigenvalue weighted by atomic mass is 32.2. The van der Waals surface area contributed by atoms with Crippen LogP contribution in [0, 0.1) is 6.92 Å².